The first-order valence-electron chi connectivity index (χ1n) is 6.38. The second-order valence-corrected chi connectivity index (χ2v) is 4.91. The van der Waals surface area contributed by atoms with Crippen LogP contribution in [0.25, 0.3) is 0 Å². The van der Waals surface area contributed by atoms with Crippen molar-refractivity contribution >= 4 is 34.4 Å². The molecule has 2 aromatic carbocycles. The Bertz CT molecular complexity index is 807. The molecule has 0 fully saturated rings. The third-order valence-corrected chi connectivity index (χ3v) is 3.33. The van der Waals surface area contributed by atoms with Crippen LogP contribution in [0.1, 0.15) is 12.5 Å². The highest BCUT2D eigenvalue weighted by Crippen LogP contribution is 2.26. The van der Waals surface area contributed by atoms with Crippen LogP contribution in [-0.4, -0.2) is 15.6 Å². The van der Waals surface area contributed by atoms with Gasteiger partial charge >= 0.3 is 0 Å². The highest BCUT2D eigenvalue weighted by atomic mass is 35.5. The minimum atomic E-state index is -0.589. The van der Waals surface area contributed by atoms with Crippen molar-refractivity contribution < 1.29 is 9.85 Å². The number of nitro benzene ring substituents is 2. The minimum absolute atomic E-state index is 0.0261. The summed E-state index contributed by atoms with van der Waals surface area (Å²) in [5.41, 5.74) is 3.37. The molecule has 0 amide bonds. The Morgan fingerprint density at radius 1 is 1.09 bits per heavy atom. The van der Waals surface area contributed by atoms with Crippen LogP contribution in [0.4, 0.5) is 17.1 Å². The summed E-state index contributed by atoms with van der Waals surface area (Å²) >= 11 is 5.75. The SMILES string of the molecule is C/C(=N/Nc1ccccc1[N+](=O)[O-])c1ccc(Cl)c([N+](=O)[O-])c1. The molecule has 23 heavy (non-hydrogen) atoms. The molecule has 0 bridgehead atoms. The number of hydrogen-bond acceptors (Lipinski definition) is 6. The van der Waals surface area contributed by atoms with E-state index in [1.807, 2.05) is 0 Å². The zero-order chi connectivity index (χ0) is 17.0. The van der Waals surface area contributed by atoms with Gasteiger partial charge < -0.3 is 0 Å². The summed E-state index contributed by atoms with van der Waals surface area (Å²) in [5, 5.41) is 25.9. The predicted molar refractivity (Wildman–Crippen MR) is 87.0 cm³/mol. The number of nitro groups is 2. The van der Waals surface area contributed by atoms with Gasteiger partial charge in [0.1, 0.15) is 10.7 Å². The molecule has 0 aliphatic rings. The summed E-state index contributed by atoms with van der Waals surface area (Å²) in [4.78, 5) is 20.7. The van der Waals surface area contributed by atoms with Gasteiger partial charge in [-0.05, 0) is 19.1 Å². The Morgan fingerprint density at radius 2 is 1.74 bits per heavy atom. The van der Waals surface area contributed by atoms with Crippen molar-refractivity contribution in [3.63, 3.8) is 0 Å². The molecular weight excluding hydrogens is 324 g/mol. The van der Waals surface area contributed by atoms with Crippen molar-refractivity contribution in [2.75, 3.05) is 5.43 Å². The molecule has 0 saturated heterocycles. The van der Waals surface area contributed by atoms with Gasteiger partial charge in [-0.3, -0.25) is 25.7 Å². The molecule has 2 aromatic rings. The van der Waals surface area contributed by atoms with Gasteiger partial charge in [-0.25, -0.2) is 0 Å². The first-order valence-corrected chi connectivity index (χ1v) is 6.76. The maximum absolute atomic E-state index is 10.9. The summed E-state index contributed by atoms with van der Waals surface area (Å²) in [6.07, 6.45) is 0. The van der Waals surface area contributed by atoms with Gasteiger partial charge in [-0.15, -0.1) is 0 Å². The summed E-state index contributed by atoms with van der Waals surface area (Å²) in [6.45, 7) is 1.62. The van der Waals surface area contributed by atoms with E-state index in [9.17, 15) is 20.2 Å². The largest absolute Gasteiger partial charge is 0.294 e. The van der Waals surface area contributed by atoms with E-state index in [1.54, 1.807) is 25.1 Å². The molecule has 0 aliphatic carbocycles. The lowest BCUT2D eigenvalue weighted by Gasteiger charge is -2.05. The number of anilines is 1. The predicted octanol–water partition coefficient (Wildman–Crippen LogP) is 3.99. The van der Waals surface area contributed by atoms with E-state index in [1.165, 1.54) is 24.3 Å². The lowest BCUT2D eigenvalue weighted by atomic mass is 10.1. The molecule has 0 aromatic heterocycles. The Kier molecular flexibility index (Phi) is 4.87. The first kappa shape index (κ1) is 16.4. The molecule has 118 valence electrons. The van der Waals surface area contributed by atoms with Gasteiger partial charge in [0, 0.05) is 17.7 Å². The summed E-state index contributed by atoms with van der Waals surface area (Å²) in [6, 6.07) is 10.3. The van der Waals surface area contributed by atoms with E-state index >= 15 is 0 Å². The van der Waals surface area contributed by atoms with Crippen molar-refractivity contribution in [1.82, 2.24) is 0 Å². The molecule has 2 rings (SSSR count). The van der Waals surface area contributed by atoms with E-state index < -0.39 is 9.85 Å². The lowest BCUT2D eigenvalue weighted by molar-refractivity contribution is -0.384. The van der Waals surface area contributed by atoms with Crippen molar-refractivity contribution in [2.45, 2.75) is 6.92 Å². The Labute approximate surface area is 135 Å². The van der Waals surface area contributed by atoms with Gasteiger partial charge in [0.25, 0.3) is 11.4 Å². The lowest BCUT2D eigenvalue weighted by Crippen LogP contribution is -2.02. The zero-order valence-electron chi connectivity index (χ0n) is 11.9. The highest BCUT2D eigenvalue weighted by Gasteiger charge is 2.15. The van der Waals surface area contributed by atoms with Crippen LogP contribution in [0.2, 0.25) is 5.02 Å². The van der Waals surface area contributed by atoms with Crippen molar-refractivity contribution in [2.24, 2.45) is 5.10 Å². The fourth-order valence-corrected chi connectivity index (χ4v) is 2.00. The molecule has 0 aliphatic heterocycles. The van der Waals surface area contributed by atoms with Crippen molar-refractivity contribution in [1.29, 1.82) is 0 Å². The molecule has 0 radical (unpaired) electrons. The van der Waals surface area contributed by atoms with Crippen LogP contribution in [0, 0.1) is 20.2 Å². The number of halogens is 1. The summed E-state index contributed by atoms with van der Waals surface area (Å²) < 4.78 is 0. The number of rotatable bonds is 5. The minimum Gasteiger partial charge on any atom is -0.271 e. The first-order chi connectivity index (χ1) is 10.9. The van der Waals surface area contributed by atoms with Crippen LogP contribution in [0.5, 0.6) is 0 Å². The van der Waals surface area contributed by atoms with E-state index in [-0.39, 0.29) is 22.1 Å². The second kappa shape index (κ2) is 6.84. The smallest absolute Gasteiger partial charge is 0.271 e. The molecule has 0 heterocycles. The monoisotopic (exact) mass is 334 g/mol. The molecule has 8 nitrogen and oxygen atoms in total. The normalized spacial score (nSPS) is 11.1. The number of hydrazone groups is 1. The van der Waals surface area contributed by atoms with Crippen LogP contribution in [0.3, 0.4) is 0 Å². The summed E-state index contributed by atoms with van der Waals surface area (Å²) in [5.74, 6) is 0. The second-order valence-electron chi connectivity index (χ2n) is 4.51. The molecule has 0 unspecified atom stereocenters. The van der Waals surface area contributed by atoms with Crippen LogP contribution < -0.4 is 5.43 Å². The highest BCUT2D eigenvalue weighted by molar-refractivity contribution is 6.32. The number of nitrogens with zero attached hydrogens (tertiary/aromatic N) is 3. The van der Waals surface area contributed by atoms with E-state index in [0.29, 0.717) is 11.3 Å². The number of benzene rings is 2. The Morgan fingerprint density at radius 3 is 2.39 bits per heavy atom. The molecule has 0 spiro atoms. The Hall–Kier alpha value is -3.00. The fourth-order valence-electron chi connectivity index (χ4n) is 1.81. The topological polar surface area (TPSA) is 111 Å². The zero-order valence-corrected chi connectivity index (χ0v) is 12.6. The van der Waals surface area contributed by atoms with Gasteiger partial charge in [-0.2, -0.15) is 5.10 Å². The third-order valence-electron chi connectivity index (χ3n) is 3.01. The number of hydrogen-bond donors (Lipinski definition) is 1. The van der Waals surface area contributed by atoms with Crippen molar-refractivity contribution in [3.8, 4) is 0 Å². The molecule has 0 atom stereocenters. The Balaban J connectivity index is 2.29. The molecule has 9 heteroatoms. The number of nitrogens with one attached hydrogen (secondary N) is 1. The van der Waals surface area contributed by atoms with Gasteiger partial charge in [-0.1, -0.05) is 29.8 Å². The maximum Gasteiger partial charge on any atom is 0.294 e. The van der Waals surface area contributed by atoms with Crippen molar-refractivity contribution in [3.05, 3.63) is 73.3 Å². The summed E-state index contributed by atoms with van der Waals surface area (Å²) in [7, 11) is 0. The van der Waals surface area contributed by atoms with Crippen LogP contribution >= 0.6 is 11.6 Å². The molecule has 1 N–H and O–H groups in total. The average molecular weight is 335 g/mol. The van der Waals surface area contributed by atoms with E-state index in [2.05, 4.69) is 10.5 Å². The number of para-hydroxylation sites is 2. The molecule has 0 saturated carbocycles. The van der Waals surface area contributed by atoms with Crippen LogP contribution in [-0.2, 0) is 0 Å². The third kappa shape index (κ3) is 3.80. The van der Waals surface area contributed by atoms with Gasteiger partial charge in [0.2, 0.25) is 0 Å². The maximum atomic E-state index is 10.9. The van der Waals surface area contributed by atoms with Gasteiger partial charge in [0.15, 0.2) is 0 Å². The molecular formula is C14H11ClN4O4. The van der Waals surface area contributed by atoms with E-state index in [4.69, 9.17) is 11.6 Å². The average Bonchev–Trinajstić information content (AvgIpc) is 2.52. The standard InChI is InChI=1S/C14H11ClN4O4/c1-9(10-6-7-11(15)14(8-10)19(22)23)16-17-12-4-2-3-5-13(12)18(20)21/h2-8,17H,1H3/b16-9-. The van der Waals surface area contributed by atoms with Gasteiger partial charge in [0.05, 0.1) is 15.6 Å². The fraction of sp³-hybridized carbons (Fsp3) is 0.0714. The van der Waals surface area contributed by atoms with Crippen LogP contribution in [0.15, 0.2) is 47.6 Å². The quantitative estimate of drug-likeness (QED) is 0.504. The van der Waals surface area contributed by atoms with E-state index in [0.717, 1.165) is 0 Å².